The van der Waals surface area contributed by atoms with Crippen LogP contribution in [0.3, 0.4) is 0 Å². The van der Waals surface area contributed by atoms with E-state index in [2.05, 4.69) is 29.3 Å². The van der Waals surface area contributed by atoms with Crippen molar-refractivity contribution in [3.05, 3.63) is 11.7 Å². The molecule has 0 bridgehead atoms. The van der Waals surface area contributed by atoms with Crippen LogP contribution < -0.4 is 5.32 Å². The Bertz CT molecular complexity index is 347. The summed E-state index contributed by atoms with van der Waals surface area (Å²) in [6.07, 6.45) is 3.35. The van der Waals surface area contributed by atoms with Crippen molar-refractivity contribution in [1.29, 1.82) is 0 Å². The lowest BCUT2D eigenvalue weighted by Crippen LogP contribution is -2.37. The molecule has 1 N–H and O–H groups in total. The summed E-state index contributed by atoms with van der Waals surface area (Å²) < 4.78 is 5.44. The summed E-state index contributed by atoms with van der Waals surface area (Å²) in [7, 11) is 0. The number of hydrogen-bond donors (Lipinski definition) is 1. The zero-order chi connectivity index (χ0) is 12.1. The molecular formula is C12H21N3OS. The fraction of sp³-hybridized carbons (Fsp3) is 0.833. The van der Waals surface area contributed by atoms with Gasteiger partial charge in [0.2, 0.25) is 5.89 Å². The van der Waals surface area contributed by atoms with E-state index in [1.54, 1.807) is 0 Å². The zero-order valence-corrected chi connectivity index (χ0v) is 11.5. The highest BCUT2D eigenvalue weighted by atomic mass is 32.2. The van der Waals surface area contributed by atoms with Crippen LogP contribution in [0.15, 0.2) is 4.52 Å². The molecule has 1 aromatic rings. The quantitative estimate of drug-likeness (QED) is 0.819. The van der Waals surface area contributed by atoms with Crippen molar-refractivity contribution in [3.8, 4) is 0 Å². The second-order valence-corrected chi connectivity index (χ2v) is 5.98. The van der Waals surface area contributed by atoms with Gasteiger partial charge in [-0.15, -0.1) is 0 Å². The van der Waals surface area contributed by atoms with E-state index in [0.717, 1.165) is 49.2 Å². The van der Waals surface area contributed by atoms with Gasteiger partial charge in [0.1, 0.15) is 0 Å². The molecule has 0 atom stereocenters. The van der Waals surface area contributed by atoms with E-state index in [0.29, 0.717) is 0 Å². The molecule has 1 aliphatic rings. The second-order valence-electron chi connectivity index (χ2n) is 4.88. The maximum atomic E-state index is 5.44. The van der Waals surface area contributed by atoms with Gasteiger partial charge in [0.25, 0.3) is 0 Å². The molecule has 96 valence electrons. The van der Waals surface area contributed by atoms with Crippen molar-refractivity contribution in [2.75, 3.05) is 18.8 Å². The molecule has 2 heterocycles. The molecule has 4 nitrogen and oxygen atoms in total. The summed E-state index contributed by atoms with van der Waals surface area (Å²) in [6, 6.07) is 0. The summed E-state index contributed by atoms with van der Waals surface area (Å²) in [4.78, 5) is 4.55. The molecule has 2 rings (SSSR count). The Labute approximate surface area is 107 Å². The van der Waals surface area contributed by atoms with Gasteiger partial charge in [-0.2, -0.15) is 16.7 Å². The number of rotatable bonds is 5. The van der Waals surface area contributed by atoms with Crippen LogP contribution >= 0.6 is 11.8 Å². The van der Waals surface area contributed by atoms with Gasteiger partial charge in [-0.3, -0.25) is 0 Å². The SMILES string of the molecule is CCCSCc1noc(C2(C)CCNCC2)n1. The van der Waals surface area contributed by atoms with Crippen molar-refractivity contribution >= 4 is 11.8 Å². The van der Waals surface area contributed by atoms with Crippen LogP contribution in [0.5, 0.6) is 0 Å². The highest BCUT2D eigenvalue weighted by molar-refractivity contribution is 7.98. The number of aromatic nitrogens is 2. The smallest absolute Gasteiger partial charge is 0.232 e. The van der Waals surface area contributed by atoms with Gasteiger partial charge in [-0.25, -0.2) is 0 Å². The highest BCUT2D eigenvalue weighted by Gasteiger charge is 2.34. The first-order chi connectivity index (χ1) is 8.24. The van der Waals surface area contributed by atoms with E-state index in [4.69, 9.17) is 4.52 Å². The standard InChI is InChI=1S/C12H21N3OS/c1-3-8-17-9-10-14-11(16-15-10)12(2)4-6-13-7-5-12/h13H,3-9H2,1-2H3. The van der Waals surface area contributed by atoms with Gasteiger partial charge in [-0.1, -0.05) is 19.0 Å². The van der Waals surface area contributed by atoms with Crippen molar-refractivity contribution in [1.82, 2.24) is 15.5 Å². The predicted molar refractivity (Wildman–Crippen MR) is 70.2 cm³/mol. The van der Waals surface area contributed by atoms with Gasteiger partial charge in [0.05, 0.1) is 5.75 Å². The molecule has 1 aliphatic heterocycles. The lowest BCUT2D eigenvalue weighted by atomic mass is 9.81. The van der Waals surface area contributed by atoms with Gasteiger partial charge in [0.15, 0.2) is 5.82 Å². The van der Waals surface area contributed by atoms with Crippen LogP contribution in [-0.4, -0.2) is 29.0 Å². The maximum absolute atomic E-state index is 5.44. The molecule has 1 aromatic heterocycles. The predicted octanol–water partition coefficient (Wildman–Crippen LogP) is 2.35. The van der Waals surface area contributed by atoms with Crippen molar-refractivity contribution in [3.63, 3.8) is 0 Å². The largest absolute Gasteiger partial charge is 0.339 e. The van der Waals surface area contributed by atoms with E-state index < -0.39 is 0 Å². The minimum atomic E-state index is 0.0753. The zero-order valence-electron chi connectivity index (χ0n) is 10.7. The Morgan fingerprint density at radius 3 is 2.88 bits per heavy atom. The first kappa shape index (κ1) is 12.9. The van der Waals surface area contributed by atoms with Crippen LogP contribution in [0.4, 0.5) is 0 Å². The number of nitrogens with one attached hydrogen (secondary N) is 1. The first-order valence-corrected chi connectivity index (χ1v) is 7.51. The van der Waals surface area contributed by atoms with Crippen LogP contribution in [0.25, 0.3) is 0 Å². The first-order valence-electron chi connectivity index (χ1n) is 6.36. The van der Waals surface area contributed by atoms with Crippen molar-refractivity contribution < 1.29 is 4.52 Å². The molecule has 0 spiro atoms. The molecule has 17 heavy (non-hydrogen) atoms. The van der Waals surface area contributed by atoms with Crippen molar-refractivity contribution in [2.45, 2.75) is 44.3 Å². The minimum Gasteiger partial charge on any atom is -0.339 e. The third kappa shape index (κ3) is 3.22. The van der Waals surface area contributed by atoms with Crippen LogP contribution in [-0.2, 0) is 11.2 Å². The molecular weight excluding hydrogens is 234 g/mol. The van der Waals surface area contributed by atoms with E-state index in [9.17, 15) is 0 Å². The van der Waals surface area contributed by atoms with E-state index in [-0.39, 0.29) is 5.41 Å². The molecule has 1 saturated heterocycles. The second kappa shape index (κ2) is 5.87. The lowest BCUT2D eigenvalue weighted by Gasteiger charge is -2.30. The lowest BCUT2D eigenvalue weighted by molar-refractivity contribution is 0.240. The monoisotopic (exact) mass is 255 g/mol. The summed E-state index contributed by atoms with van der Waals surface area (Å²) in [5.74, 6) is 3.70. The molecule has 0 saturated carbocycles. The average Bonchev–Trinajstić information content (AvgIpc) is 2.80. The van der Waals surface area contributed by atoms with E-state index in [1.807, 2.05) is 11.8 Å². The molecule has 0 amide bonds. The Kier molecular flexibility index (Phi) is 4.45. The highest BCUT2D eigenvalue weighted by Crippen LogP contribution is 2.31. The van der Waals surface area contributed by atoms with Crippen LogP contribution in [0.2, 0.25) is 0 Å². The topological polar surface area (TPSA) is 51.0 Å². The van der Waals surface area contributed by atoms with Gasteiger partial charge < -0.3 is 9.84 Å². The van der Waals surface area contributed by atoms with Gasteiger partial charge in [0, 0.05) is 5.41 Å². The normalized spacial score (nSPS) is 19.4. The molecule has 0 aromatic carbocycles. The Morgan fingerprint density at radius 1 is 1.41 bits per heavy atom. The Balaban J connectivity index is 1.96. The molecule has 1 fully saturated rings. The van der Waals surface area contributed by atoms with Crippen LogP contribution in [0.1, 0.15) is 44.8 Å². The minimum absolute atomic E-state index is 0.0753. The molecule has 0 aliphatic carbocycles. The number of piperidine rings is 1. The molecule has 0 radical (unpaired) electrons. The average molecular weight is 255 g/mol. The van der Waals surface area contributed by atoms with Gasteiger partial charge >= 0.3 is 0 Å². The summed E-state index contributed by atoms with van der Waals surface area (Å²) >= 11 is 1.87. The Hall–Kier alpha value is -0.550. The van der Waals surface area contributed by atoms with Crippen molar-refractivity contribution in [2.24, 2.45) is 0 Å². The number of nitrogens with zero attached hydrogens (tertiary/aromatic N) is 2. The Morgan fingerprint density at radius 2 is 2.18 bits per heavy atom. The summed E-state index contributed by atoms with van der Waals surface area (Å²) in [5.41, 5.74) is 0.0753. The van der Waals surface area contributed by atoms with Crippen LogP contribution in [0, 0.1) is 0 Å². The fourth-order valence-corrected chi connectivity index (χ4v) is 2.79. The summed E-state index contributed by atoms with van der Waals surface area (Å²) in [6.45, 7) is 6.49. The fourth-order valence-electron chi connectivity index (χ4n) is 2.06. The number of hydrogen-bond acceptors (Lipinski definition) is 5. The molecule has 5 heteroatoms. The molecule has 0 unspecified atom stereocenters. The maximum Gasteiger partial charge on any atom is 0.232 e. The van der Waals surface area contributed by atoms with E-state index >= 15 is 0 Å². The third-order valence-electron chi connectivity index (χ3n) is 3.27. The number of thioether (sulfide) groups is 1. The summed E-state index contributed by atoms with van der Waals surface area (Å²) in [5, 5.41) is 7.45. The third-order valence-corrected chi connectivity index (χ3v) is 4.43. The van der Waals surface area contributed by atoms with E-state index in [1.165, 1.54) is 6.42 Å². The van der Waals surface area contributed by atoms with Gasteiger partial charge in [-0.05, 0) is 38.1 Å².